The van der Waals surface area contributed by atoms with Gasteiger partial charge in [-0.1, -0.05) is 73.5 Å². The predicted molar refractivity (Wildman–Crippen MR) is 124 cm³/mol. The number of piperazine rings is 1. The summed E-state index contributed by atoms with van der Waals surface area (Å²) in [5.74, 6) is -0.0309. The van der Waals surface area contributed by atoms with Crippen LogP contribution in [0.25, 0.3) is 0 Å². The van der Waals surface area contributed by atoms with Gasteiger partial charge in [-0.05, 0) is 24.0 Å². The second kappa shape index (κ2) is 11.1. The first-order valence-corrected chi connectivity index (χ1v) is 11.7. The number of alkyl carbamates (subject to hydrolysis) is 1. The van der Waals surface area contributed by atoms with Crippen LogP contribution < -0.4 is 5.32 Å². The molecule has 32 heavy (non-hydrogen) atoms. The van der Waals surface area contributed by atoms with E-state index in [4.69, 9.17) is 4.74 Å². The van der Waals surface area contributed by atoms with Gasteiger partial charge in [0, 0.05) is 38.6 Å². The van der Waals surface area contributed by atoms with Crippen LogP contribution in [-0.4, -0.2) is 60.1 Å². The molecular weight excluding hydrogens is 402 g/mol. The second-order valence-corrected chi connectivity index (χ2v) is 8.75. The van der Waals surface area contributed by atoms with Crippen LogP contribution in [0.3, 0.4) is 0 Å². The molecule has 6 nitrogen and oxygen atoms in total. The average molecular weight is 436 g/mol. The molecule has 4 rings (SSSR count). The van der Waals surface area contributed by atoms with Gasteiger partial charge in [0.1, 0.15) is 12.6 Å². The summed E-state index contributed by atoms with van der Waals surface area (Å²) in [7, 11) is 0. The maximum atomic E-state index is 13.4. The van der Waals surface area contributed by atoms with Gasteiger partial charge in [-0.15, -0.1) is 0 Å². The zero-order valence-electron chi connectivity index (χ0n) is 18.6. The van der Waals surface area contributed by atoms with E-state index in [1.807, 2.05) is 65.6 Å². The van der Waals surface area contributed by atoms with Gasteiger partial charge in [0.25, 0.3) is 0 Å². The maximum absolute atomic E-state index is 13.4. The van der Waals surface area contributed by atoms with E-state index in [2.05, 4.69) is 10.2 Å². The van der Waals surface area contributed by atoms with Gasteiger partial charge in [0.15, 0.2) is 0 Å². The fourth-order valence-corrected chi connectivity index (χ4v) is 4.75. The van der Waals surface area contributed by atoms with E-state index in [0.717, 1.165) is 24.2 Å². The Balaban J connectivity index is 1.36. The summed E-state index contributed by atoms with van der Waals surface area (Å²) in [6.07, 6.45) is 5.07. The number of carbonyl (C=O) groups excluding carboxylic acids is 2. The number of rotatable bonds is 7. The van der Waals surface area contributed by atoms with E-state index in [0.29, 0.717) is 25.6 Å². The van der Waals surface area contributed by atoms with Gasteiger partial charge < -0.3 is 15.0 Å². The summed E-state index contributed by atoms with van der Waals surface area (Å²) in [6.45, 7) is 3.42. The number of amides is 2. The predicted octanol–water partition coefficient (Wildman–Crippen LogP) is 3.61. The first kappa shape index (κ1) is 22.3. The molecule has 0 spiro atoms. The summed E-state index contributed by atoms with van der Waals surface area (Å²) < 4.78 is 5.39. The van der Waals surface area contributed by atoms with Gasteiger partial charge in [-0.2, -0.15) is 0 Å². The molecule has 1 N–H and O–H groups in total. The van der Waals surface area contributed by atoms with Crippen molar-refractivity contribution in [2.75, 3.05) is 26.2 Å². The van der Waals surface area contributed by atoms with Crippen molar-refractivity contribution in [2.24, 2.45) is 0 Å². The number of carbonyl (C=O) groups is 2. The largest absolute Gasteiger partial charge is 0.445 e. The van der Waals surface area contributed by atoms with Gasteiger partial charge in [-0.3, -0.25) is 9.69 Å². The molecule has 2 aromatic carbocycles. The summed E-state index contributed by atoms with van der Waals surface area (Å²) >= 11 is 0. The average Bonchev–Trinajstić information content (AvgIpc) is 3.38. The molecule has 1 atom stereocenters. The van der Waals surface area contributed by atoms with Crippen LogP contribution in [0.2, 0.25) is 0 Å². The van der Waals surface area contributed by atoms with Crippen molar-refractivity contribution in [2.45, 2.75) is 50.8 Å². The molecule has 1 heterocycles. The van der Waals surface area contributed by atoms with Gasteiger partial charge in [0.05, 0.1) is 0 Å². The number of nitrogens with zero attached hydrogens (tertiary/aromatic N) is 2. The molecule has 0 radical (unpaired) electrons. The lowest BCUT2D eigenvalue weighted by atomic mass is 10.0. The quantitative estimate of drug-likeness (QED) is 0.722. The normalized spacial score (nSPS) is 18.3. The standard InChI is InChI=1S/C26H33N3O3/c30-25(29-17-15-28(16-18-29)23-13-7-8-14-23)24(19-21-9-3-1-4-10-21)27-26(31)32-20-22-11-5-2-6-12-22/h1-6,9-12,23-24H,7-8,13-20H2,(H,27,31). The second-order valence-electron chi connectivity index (χ2n) is 8.75. The van der Waals surface area contributed by atoms with E-state index in [9.17, 15) is 9.59 Å². The van der Waals surface area contributed by atoms with E-state index < -0.39 is 12.1 Å². The van der Waals surface area contributed by atoms with Crippen molar-refractivity contribution < 1.29 is 14.3 Å². The van der Waals surface area contributed by atoms with Crippen molar-refractivity contribution in [3.8, 4) is 0 Å². The zero-order chi connectivity index (χ0) is 22.2. The molecule has 1 aliphatic heterocycles. The molecule has 1 saturated carbocycles. The fraction of sp³-hybridized carbons (Fsp3) is 0.462. The lowest BCUT2D eigenvalue weighted by molar-refractivity contribution is -0.135. The SMILES string of the molecule is O=C(NC(Cc1ccccc1)C(=O)N1CCN(C2CCCC2)CC1)OCc1ccccc1. The fourth-order valence-electron chi connectivity index (χ4n) is 4.75. The van der Waals surface area contributed by atoms with Crippen LogP contribution in [0, 0.1) is 0 Å². The van der Waals surface area contributed by atoms with Crippen molar-refractivity contribution in [3.05, 3.63) is 71.8 Å². The van der Waals surface area contributed by atoms with Crippen LogP contribution in [0.5, 0.6) is 0 Å². The molecule has 1 aliphatic carbocycles. The Morgan fingerprint density at radius 1 is 0.875 bits per heavy atom. The molecule has 6 heteroatoms. The number of ether oxygens (including phenoxy) is 1. The van der Waals surface area contributed by atoms with Crippen LogP contribution >= 0.6 is 0 Å². The van der Waals surface area contributed by atoms with Gasteiger partial charge in [0.2, 0.25) is 5.91 Å². The minimum atomic E-state index is -0.640. The van der Waals surface area contributed by atoms with Crippen LogP contribution in [-0.2, 0) is 22.6 Å². The summed E-state index contributed by atoms with van der Waals surface area (Å²) in [4.78, 5) is 30.3. The van der Waals surface area contributed by atoms with Crippen LogP contribution in [0.1, 0.15) is 36.8 Å². The third kappa shape index (κ3) is 6.10. The minimum absolute atomic E-state index is 0.0309. The number of hydrogen-bond acceptors (Lipinski definition) is 4. The summed E-state index contributed by atoms with van der Waals surface area (Å²) in [5.41, 5.74) is 1.93. The Hall–Kier alpha value is -2.86. The monoisotopic (exact) mass is 435 g/mol. The Kier molecular flexibility index (Phi) is 7.77. The molecule has 2 aromatic rings. The van der Waals surface area contributed by atoms with Crippen LogP contribution in [0.4, 0.5) is 4.79 Å². The Bertz CT molecular complexity index is 860. The topological polar surface area (TPSA) is 61.9 Å². The zero-order valence-corrected chi connectivity index (χ0v) is 18.6. The molecule has 2 aliphatic rings. The Morgan fingerprint density at radius 2 is 1.47 bits per heavy atom. The first-order chi connectivity index (χ1) is 15.7. The molecule has 1 unspecified atom stereocenters. The summed E-state index contributed by atoms with van der Waals surface area (Å²) in [6, 6.07) is 19.4. The van der Waals surface area contributed by atoms with Gasteiger partial charge >= 0.3 is 6.09 Å². The lowest BCUT2D eigenvalue weighted by Crippen LogP contribution is -2.56. The third-order valence-corrected chi connectivity index (χ3v) is 6.55. The molecule has 2 fully saturated rings. The highest BCUT2D eigenvalue weighted by Crippen LogP contribution is 2.24. The Labute approximate surface area is 190 Å². The van der Waals surface area contributed by atoms with Crippen molar-refractivity contribution >= 4 is 12.0 Å². The maximum Gasteiger partial charge on any atom is 0.408 e. The highest BCUT2D eigenvalue weighted by atomic mass is 16.5. The molecule has 2 amide bonds. The highest BCUT2D eigenvalue weighted by Gasteiger charge is 2.31. The molecule has 170 valence electrons. The summed E-state index contributed by atoms with van der Waals surface area (Å²) in [5, 5.41) is 2.83. The van der Waals surface area contributed by atoms with Crippen molar-refractivity contribution in [1.82, 2.24) is 15.1 Å². The van der Waals surface area contributed by atoms with E-state index in [1.54, 1.807) is 0 Å². The molecular formula is C26H33N3O3. The molecule has 0 bridgehead atoms. The first-order valence-electron chi connectivity index (χ1n) is 11.7. The van der Waals surface area contributed by atoms with Crippen molar-refractivity contribution in [3.63, 3.8) is 0 Å². The van der Waals surface area contributed by atoms with Crippen molar-refractivity contribution in [1.29, 1.82) is 0 Å². The number of hydrogen-bond donors (Lipinski definition) is 1. The van der Waals surface area contributed by atoms with E-state index in [1.165, 1.54) is 25.7 Å². The highest BCUT2D eigenvalue weighted by molar-refractivity contribution is 5.86. The smallest absolute Gasteiger partial charge is 0.408 e. The third-order valence-electron chi connectivity index (χ3n) is 6.55. The minimum Gasteiger partial charge on any atom is -0.445 e. The molecule has 0 aromatic heterocycles. The Morgan fingerprint density at radius 3 is 2.09 bits per heavy atom. The number of benzene rings is 2. The van der Waals surface area contributed by atoms with Crippen LogP contribution in [0.15, 0.2) is 60.7 Å². The number of nitrogens with one attached hydrogen (secondary N) is 1. The van der Waals surface area contributed by atoms with E-state index in [-0.39, 0.29) is 12.5 Å². The molecule has 1 saturated heterocycles. The lowest BCUT2D eigenvalue weighted by Gasteiger charge is -2.39. The van der Waals surface area contributed by atoms with E-state index >= 15 is 0 Å². The van der Waals surface area contributed by atoms with Gasteiger partial charge in [-0.25, -0.2) is 4.79 Å².